The maximum absolute atomic E-state index is 11.9. The van der Waals surface area contributed by atoms with E-state index in [0.717, 1.165) is 0 Å². The number of ether oxygens (including phenoxy) is 1. The Labute approximate surface area is 126 Å². The van der Waals surface area contributed by atoms with E-state index in [1.165, 1.54) is 0 Å². The van der Waals surface area contributed by atoms with Gasteiger partial charge in [-0.15, -0.1) is 0 Å². The molecular formula is C14H27N3O4. The third-order valence-corrected chi connectivity index (χ3v) is 2.86. The maximum atomic E-state index is 11.9. The van der Waals surface area contributed by atoms with Gasteiger partial charge in [0.15, 0.2) is 0 Å². The molecular weight excluding hydrogens is 274 g/mol. The quantitative estimate of drug-likeness (QED) is 0.687. The number of urea groups is 1. The third kappa shape index (κ3) is 6.88. The summed E-state index contributed by atoms with van der Waals surface area (Å²) in [6, 6.07) is -0.501. The van der Waals surface area contributed by atoms with Crippen LogP contribution < -0.4 is 10.6 Å². The van der Waals surface area contributed by atoms with E-state index in [4.69, 9.17) is 4.74 Å². The summed E-state index contributed by atoms with van der Waals surface area (Å²) in [5, 5.41) is 14.2. The van der Waals surface area contributed by atoms with Crippen LogP contribution in [0.4, 0.5) is 4.79 Å². The molecule has 1 aliphatic rings. The molecule has 1 atom stereocenters. The second kappa shape index (κ2) is 6.72. The summed E-state index contributed by atoms with van der Waals surface area (Å²) in [5.41, 5.74) is -0.826. The van der Waals surface area contributed by atoms with Crippen LogP contribution in [0, 0.1) is 0 Å². The first-order valence-corrected chi connectivity index (χ1v) is 7.14. The van der Waals surface area contributed by atoms with E-state index in [1.54, 1.807) is 0 Å². The molecule has 1 saturated heterocycles. The SMILES string of the molecule is CC(C)(C)NC(=O)NC(=O)CN1CC(CO)OC(C)(C)C1. The highest BCUT2D eigenvalue weighted by Gasteiger charge is 2.33. The number of nitrogens with zero attached hydrogens (tertiary/aromatic N) is 1. The fourth-order valence-corrected chi connectivity index (χ4v) is 2.37. The van der Waals surface area contributed by atoms with Crippen LogP contribution in [0.25, 0.3) is 0 Å². The minimum atomic E-state index is -0.501. The molecule has 0 aromatic rings. The number of rotatable bonds is 3. The summed E-state index contributed by atoms with van der Waals surface area (Å²) in [7, 11) is 0. The molecule has 3 amide bonds. The van der Waals surface area contributed by atoms with Crippen LogP contribution >= 0.6 is 0 Å². The maximum Gasteiger partial charge on any atom is 0.321 e. The number of hydrogen-bond donors (Lipinski definition) is 3. The Morgan fingerprint density at radius 3 is 2.52 bits per heavy atom. The smallest absolute Gasteiger partial charge is 0.321 e. The highest BCUT2D eigenvalue weighted by molar-refractivity contribution is 5.95. The molecule has 0 aliphatic carbocycles. The monoisotopic (exact) mass is 301 g/mol. The first-order valence-electron chi connectivity index (χ1n) is 7.14. The molecule has 0 spiro atoms. The number of morpholine rings is 1. The summed E-state index contributed by atoms with van der Waals surface area (Å²) < 4.78 is 5.68. The van der Waals surface area contributed by atoms with Crippen LogP contribution in [-0.4, -0.2) is 65.4 Å². The van der Waals surface area contributed by atoms with Crippen molar-refractivity contribution in [2.24, 2.45) is 0 Å². The van der Waals surface area contributed by atoms with Gasteiger partial charge in [0.25, 0.3) is 0 Å². The summed E-state index contributed by atoms with van der Waals surface area (Å²) in [4.78, 5) is 25.4. The molecule has 0 aromatic heterocycles. The van der Waals surface area contributed by atoms with Crippen molar-refractivity contribution in [1.82, 2.24) is 15.5 Å². The highest BCUT2D eigenvalue weighted by atomic mass is 16.5. The molecule has 1 rings (SSSR count). The number of aliphatic hydroxyl groups is 1. The first-order chi connectivity index (χ1) is 9.50. The number of amides is 3. The summed E-state index contributed by atoms with van der Waals surface area (Å²) in [6.07, 6.45) is -0.315. The van der Waals surface area contributed by atoms with Gasteiger partial charge in [0.05, 0.1) is 24.9 Å². The van der Waals surface area contributed by atoms with Crippen molar-refractivity contribution in [3.05, 3.63) is 0 Å². The second-order valence-corrected chi connectivity index (χ2v) is 7.10. The first kappa shape index (κ1) is 17.9. The van der Waals surface area contributed by atoms with Gasteiger partial charge in [-0.1, -0.05) is 0 Å². The van der Waals surface area contributed by atoms with Gasteiger partial charge < -0.3 is 15.2 Å². The fourth-order valence-electron chi connectivity index (χ4n) is 2.37. The lowest BCUT2D eigenvalue weighted by Gasteiger charge is -2.41. The van der Waals surface area contributed by atoms with Crippen LogP contribution in [0.3, 0.4) is 0 Å². The molecule has 21 heavy (non-hydrogen) atoms. The Morgan fingerprint density at radius 1 is 1.38 bits per heavy atom. The van der Waals surface area contributed by atoms with E-state index >= 15 is 0 Å². The van der Waals surface area contributed by atoms with E-state index < -0.39 is 17.2 Å². The molecule has 0 radical (unpaired) electrons. The van der Waals surface area contributed by atoms with Crippen LogP contribution in [0.2, 0.25) is 0 Å². The molecule has 3 N–H and O–H groups in total. The summed E-state index contributed by atoms with van der Waals surface area (Å²) in [5.74, 6) is -0.369. The highest BCUT2D eigenvalue weighted by Crippen LogP contribution is 2.20. The Hall–Kier alpha value is -1.18. The van der Waals surface area contributed by atoms with Gasteiger partial charge in [-0.2, -0.15) is 0 Å². The Balaban J connectivity index is 2.48. The second-order valence-electron chi connectivity index (χ2n) is 7.10. The zero-order valence-corrected chi connectivity index (χ0v) is 13.5. The Morgan fingerprint density at radius 2 is 2.00 bits per heavy atom. The van der Waals surface area contributed by atoms with E-state index in [0.29, 0.717) is 13.1 Å². The fraction of sp³-hybridized carbons (Fsp3) is 0.857. The van der Waals surface area contributed by atoms with Crippen LogP contribution in [0.1, 0.15) is 34.6 Å². The molecule has 0 bridgehead atoms. The van der Waals surface area contributed by atoms with Gasteiger partial charge in [-0.05, 0) is 34.6 Å². The van der Waals surface area contributed by atoms with Crippen molar-refractivity contribution >= 4 is 11.9 Å². The lowest BCUT2D eigenvalue weighted by atomic mass is 10.1. The van der Waals surface area contributed by atoms with Gasteiger partial charge in [-0.3, -0.25) is 15.0 Å². The number of carbonyl (C=O) groups excluding carboxylic acids is 2. The lowest BCUT2D eigenvalue weighted by Crippen LogP contribution is -2.57. The number of carbonyl (C=O) groups is 2. The molecule has 1 aliphatic heterocycles. The molecule has 7 nitrogen and oxygen atoms in total. The zero-order chi connectivity index (χ0) is 16.3. The van der Waals surface area contributed by atoms with E-state index in [1.807, 2.05) is 39.5 Å². The largest absolute Gasteiger partial charge is 0.394 e. The Kier molecular flexibility index (Phi) is 5.72. The van der Waals surface area contributed by atoms with Crippen molar-refractivity contribution < 1.29 is 19.4 Å². The van der Waals surface area contributed by atoms with Gasteiger partial charge in [-0.25, -0.2) is 4.79 Å². The predicted octanol–water partition coefficient (Wildman–Crippen LogP) is 0.0824. The average molecular weight is 301 g/mol. The van der Waals surface area contributed by atoms with Crippen molar-refractivity contribution in [2.45, 2.75) is 51.9 Å². The van der Waals surface area contributed by atoms with E-state index in [2.05, 4.69) is 10.6 Å². The van der Waals surface area contributed by atoms with Crippen molar-refractivity contribution in [3.63, 3.8) is 0 Å². The molecule has 1 fully saturated rings. The molecule has 1 heterocycles. The number of hydrogen-bond acceptors (Lipinski definition) is 5. The topological polar surface area (TPSA) is 90.9 Å². The number of imide groups is 1. The molecule has 122 valence electrons. The van der Waals surface area contributed by atoms with Crippen molar-refractivity contribution in [2.75, 3.05) is 26.2 Å². The van der Waals surface area contributed by atoms with Crippen LogP contribution in [0.15, 0.2) is 0 Å². The minimum Gasteiger partial charge on any atom is -0.394 e. The third-order valence-electron chi connectivity index (χ3n) is 2.86. The van der Waals surface area contributed by atoms with Gasteiger partial charge in [0.1, 0.15) is 0 Å². The predicted molar refractivity (Wildman–Crippen MR) is 78.9 cm³/mol. The summed E-state index contributed by atoms with van der Waals surface area (Å²) >= 11 is 0. The number of aliphatic hydroxyl groups excluding tert-OH is 1. The standard InChI is InChI=1S/C14H27N3O4/c1-13(2,3)16-12(20)15-11(19)7-17-6-10(8-18)21-14(4,5)9-17/h10,18H,6-9H2,1-5H3,(H2,15,16,19,20). The van der Waals surface area contributed by atoms with Gasteiger partial charge >= 0.3 is 6.03 Å². The number of nitrogens with one attached hydrogen (secondary N) is 2. The Bertz CT molecular complexity index is 390. The van der Waals surface area contributed by atoms with Crippen LogP contribution in [0.5, 0.6) is 0 Å². The summed E-state index contributed by atoms with van der Waals surface area (Å²) in [6.45, 7) is 10.4. The van der Waals surface area contributed by atoms with Gasteiger partial charge in [0.2, 0.25) is 5.91 Å². The molecule has 0 saturated carbocycles. The molecule has 7 heteroatoms. The molecule has 1 unspecified atom stereocenters. The van der Waals surface area contributed by atoms with E-state index in [-0.39, 0.29) is 25.2 Å². The van der Waals surface area contributed by atoms with Gasteiger partial charge in [0, 0.05) is 18.6 Å². The van der Waals surface area contributed by atoms with Crippen molar-refractivity contribution in [3.8, 4) is 0 Å². The van der Waals surface area contributed by atoms with Crippen LogP contribution in [-0.2, 0) is 9.53 Å². The average Bonchev–Trinajstić information content (AvgIpc) is 2.23. The zero-order valence-electron chi connectivity index (χ0n) is 13.5. The molecule has 0 aromatic carbocycles. The normalized spacial score (nSPS) is 22.7. The minimum absolute atomic E-state index is 0.0912. The van der Waals surface area contributed by atoms with Crippen molar-refractivity contribution in [1.29, 1.82) is 0 Å². The lowest BCUT2D eigenvalue weighted by molar-refractivity contribution is -0.152. The van der Waals surface area contributed by atoms with E-state index in [9.17, 15) is 14.7 Å².